The lowest BCUT2D eigenvalue weighted by atomic mass is 9.99. The molecule has 2 heterocycles. The van der Waals surface area contributed by atoms with E-state index in [1.54, 1.807) is 23.2 Å². The van der Waals surface area contributed by atoms with Crippen LogP contribution in [0.15, 0.2) is 72.9 Å². The largest absolute Gasteiger partial charge is 0.306 e. The highest BCUT2D eigenvalue weighted by Crippen LogP contribution is 2.25. The maximum atomic E-state index is 13.5. The molecule has 0 saturated heterocycles. The number of rotatable bonds is 5. The Kier molecular flexibility index (Phi) is 5.53. The summed E-state index contributed by atoms with van der Waals surface area (Å²) in [4.78, 5) is 24.1. The van der Waals surface area contributed by atoms with Crippen molar-refractivity contribution in [3.8, 4) is 0 Å². The quantitative estimate of drug-likeness (QED) is 0.466. The van der Waals surface area contributed by atoms with Crippen molar-refractivity contribution < 1.29 is 9.18 Å². The molecule has 0 N–H and O–H groups in total. The minimum absolute atomic E-state index is 0.0875. The first-order valence-corrected chi connectivity index (χ1v) is 9.83. The maximum Gasteiger partial charge on any atom is 0.231 e. The lowest BCUT2D eigenvalue weighted by Crippen LogP contribution is -2.32. The first-order chi connectivity index (χ1) is 14.5. The van der Waals surface area contributed by atoms with Crippen LogP contribution in [0.4, 0.5) is 10.1 Å². The van der Waals surface area contributed by atoms with E-state index in [-0.39, 0.29) is 18.1 Å². The topological polar surface area (TPSA) is 46.1 Å². The summed E-state index contributed by atoms with van der Waals surface area (Å²) in [6.45, 7) is 4.27. The molecular formula is C25H22FN3O. The number of para-hydroxylation sites is 1. The van der Waals surface area contributed by atoms with Crippen LogP contribution in [0.1, 0.15) is 22.5 Å². The van der Waals surface area contributed by atoms with E-state index in [0.717, 1.165) is 33.4 Å². The molecule has 4 nitrogen and oxygen atoms in total. The van der Waals surface area contributed by atoms with E-state index in [9.17, 15) is 9.18 Å². The van der Waals surface area contributed by atoms with Gasteiger partial charge >= 0.3 is 0 Å². The first-order valence-electron chi connectivity index (χ1n) is 9.83. The Labute approximate surface area is 175 Å². The fourth-order valence-corrected chi connectivity index (χ4v) is 3.68. The average Bonchev–Trinajstić information content (AvgIpc) is 2.76. The van der Waals surface area contributed by atoms with Gasteiger partial charge in [-0.25, -0.2) is 4.39 Å². The summed E-state index contributed by atoms with van der Waals surface area (Å²) < 4.78 is 13.5. The molecule has 4 rings (SSSR count). The number of anilines is 1. The van der Waals surface area contributed by atoms with Crippen molar-refractivity contribution in [2.45, 2.75) is 26.8 Å². The molecule has 0 fully saturated rings. The molecule has 1 amide bonds. The number of carbonyl (C=O) groups excluding carboxylic acids is 1. The van der Waals surface area contributed by atoms with Crippen molar-refractivity contribution >= 4 is 22.5 Å². The summed E-state index contributed by atoms with van der Waals surface area (Å²) in [5.74, 6) is -0.426. The molecule has 2 aromatic heterocycles. The first kappa shape index (κ1) is 19.7. The molecule has 0 unspecified atom stereocenters. The Bertz CT molecular complexity index is 1190. The number of aromatic nitrogens is 2. The molecule has 0 radical (unpaired) electrons. The van der Waals surface area contributed by atoms with Crippen LogP contribution in [0, 0.1) is 19.7 Å². The molecule has 150 valence electrons. The molecular weight excluding hydrogens is 377 g/mol. The van der Waals surface area contributed by atoms with Gasteiger partial charge in [-0.2, -0.15) is 0 Å². The van der Waals surface area contributed by atoms with E-state index in [2.05, 4.69) is 9.97 Å². The molecule has 0 saturated carbocycles. The van der Waals surface area contributed by atoms with Crippen molar-refractivity contribution in [3.05, 3.63) is 101 Å². The lowest BCUT2D eigenvalue weighted by molar-refractivity contribution is -0.118. The minimum atomic E-state index is -0.339. The Hall–Kier alpha value is -3.60. The van der Waals surface area contributed by atoms with Crippen LogP contribution in [0.3, 0.4) is 0 Å². The van der Waals surface area contributed by atoms with Crippen molar-refractivity contribution in [2.75, 3.05) is 4.90 Å². The third kappa shape index (κ3) is 4.06. The number of benzene rings is 2. The number of fused-ring (bicyclic) bond motifs is 1. The molecule has 0 atom stereocenters. The monoisotopic (exact) mass is 399 g/mol. The van der Waals surface area contributed by atoms with Crippen LogP contribution >= 0.6 is 0 Å². The summed E-state index contributed by atoms with van der Waals surface area (Å²) in [6.07, 6.45) is 1.91. The molecule has 30 heavy (non-hydrogen) atoms. The van der Waals surface area contributed by atoms with E-state index in [1.165, 1.54) is 12.1 Å². The van der Waals surface area contributed by atoms with Gasteiger partial charge in [0.15, 0.2) is 0 Å². The minimum Gasteiger partial charge on any atom is -0.306 e. The number of aryl methyl sites for hydroxylation is 2. The van der Waals surface area contributed by atoms with Crippen LogP contribution in [0.2, 0.25) is 0 Å². The lowest BCUT2D eigenvalue weighted by Gasteiger charge is -2.24. The number of carbonyl (C=O) groups is 1. The zero-order valence-electron chi connectivity index (χ0n) is 17.0. The van der Waals surface area contributed by atoms with E-state index in [4.69, 9.17) is 0 Å². The highest BCUT2D eigenvalue weighted by atomic mass is 19.1. The van der Waals surface area contributed by atoms with Gasteiger partial charge in [-0.05, 0) is 67.4 Å². The van der Waals surface area contributed by atoms with Crippen LogP contribution in [-0.4, -0.2) is 15.9 Å². The van der Waals surface area contributed by atoms with Gasteiger partial charge in [-0.15, -0.1) is 0 Å². The molecule has 5 heteroatoms. The summed E-state index contributed by atoms with van der Waals surface area (Å²) in [5, 5.41) is 1.05. The molecule has 4 aromatic rings. The van der Waals surface area contributed by atoms with Crippen molar-refractivity contribution in [1.29, 1.82) is 0 Å². The van der Waals surface area contributed by atoms with Gasteiger partial charge in [0, 0.05) is 23.0 Å². The Balaban J connectivity index is 1.70. The Morgan fingerprint density at radius 3 is 2.43 bits per heavy atom. The maximum absolute atomic E-state index is 13.5. The third-order valence-electron chi connectivity index (χ3n) is 5.30. The molecule has 2 aromatic carbocycles. The zero-order valence-corrected chi connectivity index (χ0v) is 17.0. The fourth-order valence-electron chi connectivity index (χ4n) is 3.68. The smallest absolute Gasteiger partial charge is 0.231 e. The van der Waals surface area contributed by atoms with Gasteiger partial charge in [0.1, 0.15) is 5.82 Å². The second-order valence-electron chi connectivity index (χ2n) is 7.27. The predicted octanol–water partition coefficient (Wildman–Crippen LogP) is 5.16. The highest BCUT2D eigenvalue weighted by Gasteiger charge is 2.20. The van der Waals surface area contributed by atoms with E-state index >= 15 is 0 Å². The van der Waals surface area contributed by atoms with Gasteiger partial charge in [0.25, 0.3) is 0 Å². The zero-order chi connectivity index (χ0) is 21.1. The Morgan fingerprint density at radius 1 is 0.967 bits per heavy atom. The van der Waals surface area contributed by atoms with E-state index < -0.39 is 0 Å². The summed E-state index contributed by atoms with van der Waals surface area (Å²) in [5.41, 5.74) is 5.15. The van der Waals surface area contributed by atoms with Crippen LogP contribution in [0.5, 0.6) is 0 Å². The van der Waals surface area contributed by atoms with E-state index in [0.29, 0.717) is 12.2 Å². The fraction of sp³-hybridized carbons (Fsp3) is 0.160. The van der Waals surface area contributed by atoms with Crippen molar-refractivity contribution in [3.63, 3.8) is 0 Å². The molecule has 0 aliphatic heterocycles. The number of amides is 1. The standard InChI is InChI=1S/C25H22FN3O/c1-17-22-8-3-4-9-24(22)28-18(2)23(17)15-25(30)29(16-20-7-5-6-14-27-20)21-12-10-19(26)11-13-21/h3-14H,15-16H2,1-2H3. The number of hydrogen-bond donors (Lipinski definition) is 0. The van der Waals surface area contributed by atoms with Crippen LogP contribution in [-0.2, 0) is 17.8 Å². The van der Waals surface area contributed by atoms with Gasteiger partial charge in [-0.1, -0.05) is 24.3 Å². The van der Waals surface area contributed by atoms with E-state index in [1.807, 2.05) is 56.3 Å². The second kappa shape index (κ2) is 8.41. The molecule has 0 bridgehead atoms. The summed E-state index contributed by atoms with van der Waals surface area (Å²) in [6, 6.07) is 19.5. The Morgan fingerprint density at radius 2 is 1.70 bits per heavy atom. The molecule has 0 aliphatic rings. The molecule has 0 aliphatic carbocycles. The van der Waals surface area contributed by atoms with Crippen LogP contribution < -0.4 is 4.90 Å². The average molecular weight is 399 g/mol. The number of pyridine rings is 2. The molecule has 0 spiro atoms. The summed E-state index contributed by atoms with van der Waals surface area (Å²) in [7, 11) is 0. The van der Waals surface area contributed by atoms with Crippen molar-refractivity contribution in [2.24, 2.45) is 0 Å². The predicted molar refractivity (Wildman–Crippen MR) is 117 cm³/mol. The summed E-state index contributed by atoms with van der Waals surface area (Å²) >= 11 is 0. The van der Waals surface area contributed by atoms with Gasteiger partial charge < -0.3 is 4.90 Å². The number of nitrogens with zero attached hydrogens (tertiary/aromatic N) is 3. The number of halogens is 1. The highest BCUT2D eigenvalue weighted by molar-refractivity contribution is 5.96. The second-order valence-corrected chi connectivity index (χ2v) is 7.27. The normalized spacial score (nSPS) is 10.9. The van der Waals surface area contributed by atoms with Gasteiger partial charge in [-0.3, -0.25) is 14.8 Å². The third-order valence-corrected chi connectivity index (χ3v) is 5.30. The van der Waals surface area contributed by atoms with Gasteiger partial charge in [0.2, 0.25) is 5.91 Å². The van der Waals surface area contributed by atoms with Crippen LogP contribution in [0.25, 0.3) is 10.9 Å². The number of hydrogen-bond acceptors (Lipinski definition) is 3. The van der Waals surface area contributed by atoms with Crippen molar-refractivity contribution in [1.82, 2.24) is 9.97 Å². The van der Waals surface area contributed by atoms with Gasteiger partial charge in [0.05, 0.1) is 24.2 Å². The SMILES string of the molecule is Cc1nc2ccccc2c(C)c1CC(=O)N(Cc1ccccn1)c1ccc(F)cc1.